The van der Waals surface area contributed by atoms with Crippen molar-refractivity contribution < 1.29 is 23.9 Å². The highest BCUT2D eigenvalue weighted by Crippen LogP contribution is 2.31. The van der Waals surface area contributed by atoms with Crippen molar-refractivity contribution in [3.8, 4) is 17.2 Å². The molecule has 0 aliphatic heterocycles. The van der Waals surface area contributed by atoms with Crippen LogP contribution in [0.25, 0.3) is 0 Å². The van der Waals surface area contributed by atoms with Crippen LogP contribution in [-0.4, -0.2) is 36.9 Å². The molecule has 1 unspecified atom stereocenters. The van der Waals surface area contributed by atoms with Gasteiger partial charge in [-0.05, 0) is 50.1 Å². The Morgan fingerprint density at radius 3 is 2.42 bits per heavy atom. The second-order valence-electron chi connectivity index (χ2n) is 6.62. The van der Waals surface area contributed by atoms with E-state index in [0.29, 0.717) is 30.5 Å². The molecule has 0 bridgehead atoms. The van der Waals surface area contributed by atoms with Crippen molar-refractivity contribution in [3.05, 3.63) is 57.6 Å². The first-order chi connectivity index (χ1) is 14.9. The third-order valence-electron chi connectivity index (χ3n) is 4.39. The van der Waals surface area contributed by atoms with Crippen LogP contribution in [0.3, 0.4) is 0 Å². The van der Waals surface area contributed by atoms with Crippen LogP contribution < -0.4 is 19.5 Å². The van der Waals surface area contributed by atoms with Gasteiger partial charge in [0, 0.05) is 11.8 Å². The molecule has 2 rings (SSSR count). The Hall–Kier alpha value is -2.94. The molecule has 1 amide bonds. The fraction of sp³-hybridized carbons (Fsp3) is 0.409. The van der Waals surface area contributed by atoms with E-state index in [9.17, 15) is 14.9 Å². The first kappa shape index (κ1) is 24.3. The van der Waals surface area contributed by atoms with Crippen molar-refractivity contribution >= 4 is 23.4 Å². The van der Waals surface area contributed by atoms with E-state index in [1.165, 1.54) is 24.9 Å². The molecule has 0 heterocycles. The second-order valence-corrected chi connectivity index (χ2v) is 7.60. The molecular formula is C22H28N2O6S. The number of benzene rings is 2. The van der Waals surface area contributed by atoms with Gasteiger partial charge in [0.1, 0.15) is 0 Å². The number of hydrogen-bond donors (Lipinski definition) is 1. The Bertz CT molecular complexity index is 906. The average molecular weight is 449 g/mol. The van der Waals surface area contributed by atoms with E-state index >= 15 is 0 Å². The fourth-order valence-corrected chi connectivity index (χ4v) is 3.72. The van der Waals surface area contributed by atoms with Gasteiger partial charge in [0.25, 0.3) is 0 Å². The summed E-state index contributed by atoms with van der Waals surface area (Å²) in [6.07, 6.45) is 0. The topological polar surface area (TPSA) is 99.9 Å². The maximum absolute atomic E-state index is 12.4. The monoisotopic (exact) mass is 448 g/mol. The quantitative estimate of drug-likeness (QED) is 0.377. The number of amides is 1. The molecule has 1 atom stereocenters. The number of rotatable bonds is 12. The molecule has 0 fully saturated rings. The second kappa shape index (κ2) is 12.0. The molecule has 2 aromatic rings. The van der Waals surface area contributed by atoms with E-state index in [0.717, 1.165) is 11.1 Å². The summed E-state index contributed by atoms with van der Waals surface area (Å²) in [5, 5.41) is 14.1. The van der Waals surface area contributed by atoms with E-state index in [1.807, 2.05) is 39.0 Å². The van der Waals surface area contributed by atoms with Gasteiger partial charge < -0.3 is 19.5 Å². The summed E-state index contributed by atoms with van der Waals surface area (Å²) in [4.78, 5) is 23.0. The van der Waals surface area contributed by atoms with Gasteiger partial charge in [-0.2, -0.15) is 0 Å². The zero-order valence-corrected chi connectivity index (χ0v) is 19.0. The predicted molar refractivity (Wildman–Crippen MR) is 121 cm³/mol. The van der Waals surface area contributed by atoms with Gasteiger partial charge in [0.2, 0.25) is 5.91 Å². The number of thioether (sulfide) groups is 1. The Balaban J connectivity index is 1.92. The minimum Gasteiger partial charge on any atom is -0.490 e. The number of hydrogen-bond acceptors (Lipinski definition) is 7. The van der Waals surface area contributed by atoms with Crippen LogP contribution in [-0.2, 0) is 10.5 Å². The smallest absolute Gasteiger partial charge is 0.311 e. The Morgan fingerprint density at radius 2 is 1.77 bits per heavy atom. The van der Waals surface area contributed by atoms with Crippen molar-refractivity contribution in [2.45, 2.75) is 32.6 Å². The van der Waals surface area contributed by atoms with Crippen LogP contribution in [0.5, 0.6) is 17.2 Å². The summed E-state index contributed by atoms with van der Waals surface area (Å²) in [7, 11) is 1.39. The van der Waals surface area contributed by atoms with E-state index in [-0.39, 0.29) is 29.1 Å². The molecule has 31 heavy (non-hydrogen) atoms. The summed E-state index contributed by atoms with van der Waals surface area (Å²) in [6.45, 7) is 6.78. The van der Waals surface area contributed by atoms with Crippen molar-refractivity contribution in [1.29, 1.82) is 0 Å². The predicted octanol–water partition coefficient (Wildman–Crippen LogP) is 4.51. The highest BCUT2D eigenvalue weighted by molar-refractivity contribution is 7.99. The molecular weight excluding hydrogens is 420 g/mol. The lowest BCUT2D eigenvalue weighted by molar-refractivity contribution is -0.385. The van der Waals surface area contributed by atoms with Gasteiger partial charge in [-0.25, -0.2) is 0 Å². The van der Waals surface area contributed by atoms with Gasteiger partial charge in [0.15, 0.2) is 17.2 Å². The van der Waals surface area contributed by atoms with Gasteiger partial charge in [0.05, 0.1) is 37.0 Å². The third-order valence-corrected chi connectivity index (χ3v) is 5.39. The molecule has 0 aliphatic carbocycles. The highest BCUT2D eigenvalue weighted by atomic mass is 32.2. The summed E-state index contributed by atoms with van der Waals surface area (Å²) in [5.74, 6) is 2.14. The van der Waals surface area contributed by atoms with E-state index in [1.54, 1.807) is 12.1 Å². The zero-order valence-electron chi connectivity index (χ0n) is 18.2. The maximum atomic E-state index is 12.4. The SMILES string of the molecule is CCOc1ccc(C(C)NC(=O)CSCc2ccc(OC)c([N+](=O)[O-])c2)cc1OCC. The van der Waals surface area contributed by atoms with Crippen LogP contribution in [0.15, 0.2) is 36.4 Å². The minimum absolute atomic E-state index is 0.0840. The Kier molecular flexibility index (Phi) is 9.45. The number of nitro groups is 1. The molecule has 168 valence electrons. The van der Waals surface area contributed by atoms with Crippen molar-refractivity contribution in [2.75, 3.05) is 26.1 Å². The molecule has 0 saturated heterocycles. The molecule has 0 aromatic heterocycles. The maximum Gasteiger partial charge on any atom is 0.311 e. The largest absolute Gasteiger partial charge is 0.490 e. The van der Waals surface area contributed by atoms with E-state index < -0.39 is 4.92 Å². The molecule has 0 aliphatic rings. The summed E-state index contributed by atoms with van der Waals surface area (Å²) in [6, 6.07) is 10.2. The van der Waals surface area contributed by atoms with Crippen LogP contribution in [0.1, 0.15) is 37.9 Å². The van der Waals surface area contributed by atoms with Crippen molar-refractivity contribution in [1.82, 2.24) is 5.32 Å². The lowest BCUT2D eigenvalue weighted by atomic mass is 10.1. The van der Waals surface area contributed by atoms with Gasteiger partial charge >= 0.3 is 5.69 Å². The Labute approximate surface area is 186 Å². The number of nitrogens with one attached hydrogen (secondary N) is 1. The molecule has 0 spiro atoms. The highest BCUT2D eigenvalue weighted by Gasteiger charge is 2.16. The van der Waals surface area contributed by atoms with E-state index in [2.05, 4.69) is 5.32 Å². The average Bonchev–Trinajstić information content (AvgIpc) is 2.75. The number of methoxy groups -OCH3 is 1. The van der Waals surface area contributed by atoms with Crippen LogP contribution in [0, 0.1) is 10.1 Å². The van der Waals surface area contributed by atoms with E-state index in [4.69, 9.17) is 14.2 Å². The molecule has 0 saturated carbocycles. The molecule has 0 radical (unpaired) electrons. The minimum atomic E-state index is -0.477. The van der Waals surface area contributed by atoms with Gasteiger partial charge in [-0.1, -0.05) is 12.1 Å². The molecule has 8 nitrogen and oxygen atoms in total. The van der Waals surface area contributed by atoms with Crippen LogP contribution in [0.4, 0.5) is 5.69 Å². The molecule has 1 N–H and O–H groups in total. The molecule has 9 heteroatoms. The normalized spacial score (nSPS) is 11.5. The number of carbonyl (C=O) groups excluding carboxylic acids is 1. The lowest BCUT2D eigenvalue weighted by Gasteiger charge is -2.17. The zero-order chi connectivity index (χ0) is 22.8. The molecule has 2 aromatic carbocycles. The van der Waals surface area contributed by atoms with Crippen LogP contribution in [0.2, 0.25) is 0 Å². The van der Waals surface area contributed by atoms with Crippen LogP contribution >= 0.6 is 11.8 Å². The summed E-state index contributed by atoms with van der Waals surface area (Å²) in [5.41, 5.74) is 1.58. The third kappa shape index (κ3) is 7.06. The van der Waals surface area contributed by atoms with Crippen molar-refractivity contribution in [3.63, 3.8) is 0 Å². The summed E-state index contributed by atoms with van der Waals surface area (Å²) >= 11 is 1.39. The number of nitrogens with zero attached hydrogens (tertiary/aromatic N) is 1. The standard InChI is InChI=1S/C22H28N2O6S/c1-5-29-20-10-8-17(12-21(20)30-6-2)15(3)23-22(25)14-31-13-16-7-9-19(28-4)18(11-16)24(26)27/h7-12,15H,5-6,13-14H2,1-4H3,(H,23,25). The Morgan fingerprint density at radius 1 is 1.10 bits per heavy atom. The number of nitro benzene ring substituents is 1. The van der Waals surface area contributed by atoms with Gasteiger partial charge in [-0.3, -0.25) is 14.9 Å². The fourth-order valence-electron chi connectivity index (χ4n) is 2.93. The first-order valence-electron chi connectivity index (χ1n) is 9.97. The number of ether oxygens (including phenoxy) is 3. The first-order valence-corrected chi connectivity index (χ1v) is 11.1. The van der Waals surface area contributed by atoms with Crippen molar-refractivity contribution in [2.24, 2.45) is 0 Å². The van der Waals surface area contributed by atoms with Gasteiger partial charge in [-0.15, -0.1) is 11.8 Å². The lowest BCUT2D eigenvalue weighted by Crippen LogP contribution is -2.28. The number of carbonyl (C=O) groups is 1. The summed E-state index contributed by atoms with van der Waals surface area (Å²) < 4.78 is 16.2.